The summed E-state index contributed by atoms with van der Waals surface area (Å²) in [5.41, 5.74) is 3.92. The summed E-state index contributed by atoms with van der Waals surface area (Å²) in [6, 6.07) is 21.1. The molecule has 1 aliphatic heterocycles. The summed E-state index contributed by atoms with van der Waals surface area (Å²) in [5, 5.41) is 3.32. The van der Waals surface area contributed by atoms with E-state index in [0.717, 1.165) is 5.56 Å². The van der Waals surface area contributed by atoms with Crippen molar-refractivity contribution >= 4 is 46.8 Å². The first-order chi connectivity index (χ1) is 17.8. The SMILES string of the molecule is COC(=O)C1=C(C)N(c2ccc(Cl)cc2)C(=O)/C1=C\c1ccc(OCC(=O)Nc2ccc(C)cc2)cc1. The first kappa shape index (κ1) is 25.7. The van der Waals surface area contributed by atoms with E-state index in [1.807, 2.05) is 31.2 Å². The van der Waals surface area contributed by atoms with Crippen molar-refractivity contribution in [2.75, 3.05) is 23.9 Å². The van der Waals surface area contributed by atoms with Gasteiger partial charge in [0.2, 0.25) is 0 Å². The Bertz CT molecular complexity index is 1390. The van der Waals surface area contributed by atoms with Gasteiger partial charge in [0.05, 0.1) is 18.3 Å². The number of ether oxygens (including phenoxy) is 2. The van der Waals surface area contributed by atoms with Gasteiger partial charge in [0.25, 0.3) is 11.8 Å². The number of anilines is 2. The third kappa shape index (κ3) is 5.90. The van der Waals surface area contributed by atoms with E-state index in [0.29, 0.717) is 33.4 Å². The average Bonchev–Trinajstić information content (AvgIpc) is 3.14. The standard InChI is InChI=1S/C29H25ClN2O5/c1-18-4-10-22(11-5-18)31-26(33)17-37-24-14-6-20(7-15-24)16-25-27(29(35)36-3)19(2)32(28(25)34)23-12-8-21(30)9-13-23/h4-16H,17H2,1-3H3,(H,31,33)/b25-16-. The summed E-state index contributed by atoms with van der Waals surface area (Å²) >= 11 is 5.99. The molecule has 2 amide bonds. The highest BCUT2D eigenvalue weighted by Gasteiger charge is 2.37. The highest BCUT2D eigenvalue weighted by Crippen LogP contribution is 2.36. The van der Waals surface area contributed by atoms with Crippen molar-refractivity contribution in [1.29, 1.82) is 0 Å². The Hall–Kier alpha value is -4.36. The maximum absolute atomic E-state index is 13.4. The molecule has 1 heterocycles. The third-order valence-electron chi connectivity index (χ3n) is 5.77. The number of esters is 1. The van der Waals surface area contributed by atoms with Crippen LogP contribution in [0, 0.1) is 6.92 Å². The highest BCUT2D eigenvalue weighted by molar-refractivity contribution is 6.30. The molecule has 0 saturated heterocycles. The minimum atomic E-state index is -0.604. The fourth-order valence-corrected chi connectivity index (χ4v) is 4.02. The average molecular weight is 517 g/mol. The van der Waals surface area contributed by atoms with E-state index >= 15 is 0 Å². The van der Waals surface area contributed by atoms with Crippen molar-refractivity contribution < 1.29 is 23.9 Å². The van der Waals surface area contributed by atoms with E-state index in [1.54, 1.807) is 61.5 Å². The molecular weight excluding hydrogens is 492 g/mol. The zero-order valence-electron chi connectivity index (χ0n) is 20.6. The van der Waals surface area contributed by atoms with Gasteiger partial charge in [-0.05, 0) is 74.0 Å². The normalized spacial score (nSPS) is 14.2. The molecule has 7 nitrogen and oxygen atoms in total. The topological polar surface area (TPSA) is 84.9 Å². The first-order valence-corrected chi connectivity index (χ1v) is 11.9. The van der Waals surface area contributed by atoms with Gasteiger partial charge in [-0.2, -0.15) is 0 Å². The van der Waals surface area contributed by atoms with E-state index in [1.165, 1.54) is 12.0 Å². The second kappa shape index (κ2) is 11.1. The van der Waals surface area contributed by atoms with Gasteiger partial charge in [-0.1, -0.05) is 41.4 Å². The molecule has 0 atom stereocenters. The second-order valence-corrected chi connectivity index (χ2v) is 8.84. The minimum Gasteiger partial charge on any atom is -0.484 e. The number of nitrogens with zero attached hydrogens (tertiary/aromatic N) is 1. The van der Waals surface area contributed by atoms with E-state index in [9.17, 15) is 14.4 Å². The molecule has 3 aromatic carbocycles. The molecule has 37 heavy (non-hydrogen) atoms. The first-order valence-electron chi connectivity index (χ1n) is 11.5. The molecule has 0 radical (unpaired) electrons. The molecule has 0 aromatic heterocycles. The van der Waals surface area contributed by atoms with Crippen LogP contribution in [0.5, 0.6) is 5.75 Å². The van der Waals surface area contributed by atoms with E-state index in [-0.39, 0.29) is 29.6 Å². The highest BCUT2D eigenvalue weighted by atomic mass is 35.5. The Morgan fingerprint density at radius 3 is 2.22 bits per heavy atom. The van der Waals surface area contributed by atoms with Crippen molar-refractivity contribution in [3.05, 3.63) is 106 Å². The number of amides is 2. The van der Waals surface area contributed by atoms with Crippen molar-refractivity contribution in [2.45, 2.75) is 13.8 Å². The summed E-state index contributed by atoms with van der Waals surface area (Å²) in [5.74, 6) is -0.750. The lowest BCUT2D eigenvalue weighted by molar-refractivity contribution is -0.136. The summed E-state index contributed by atoms with van der Waals surface area (Å²) < 4.78 is 10.5. The number of carbonyl (C=O) groups is 3. The molecule has 0 saturated carbocycles. The second-order valence-electron chi connectivity index (χ2n) is 8.40. The van der Waals surface area contributed by atoms with Gasteiger partial charge in [-0.25, -0.2) is 4.79 Å². The predicted molar refractivity (Wildman–Crippen MR) is 143 cm³/mol. The molecule has 0 unspecified atom stereocenters. The maximum atomic E-state index is 13.4. The van der Waals surface area contributed by atoms with Gasteiger partial charge < -0.3 is 14.8 Å². The van der Waals surface area contributed by atoms with Crippen LogP contribution in [-0.4, -0.2) is 31.5 Å². The lowest BCUT2D eigenvalue weighted by Crippen LogP contribution is -2.24. The van der Waals surface area contributed by atoms with Crippen LogP contribution in [0.25, 0.3) is 6.08 Å². The number of rotatable bonds is 7. The van der Waals surface area contributed by atoms with Gasteiger partial charge in [0.15, 0.2) is 6.61 Å². The number of aryl methyl sites for hydroxylation is 1. The molecule has 188 valence electrons. The Labute approximate surface area is 219 Å². The smallest absolute Gasteiger partial charge is 0.340 e. The number of methoxy groups -OCH3 is 1. The van der Waals surface area contributed by atoms with Crippen LogP contribution in [0.2, 0.25) is 5.02 Å². The molecular formula is C29H25ClN2O5. The Morgan fingerprint density at radius 2 is 1.59 bits per heavy atom. The van der Waals surface area contributed by atoms with Crippen LogP contribution in [0.15, 0.2) is 89.6 Å². The predicted octanol–water partition coefficient (Wildman–Crippen LogP) is 5.54. The molecule has 0 fully saturated rings. The van der Waals surface area contributed by atoms with Gasteiger partial charge in [0.1, 0.15) is 5.75 Å². The van der Waals surface area contributed by atoms with Crippen molar-refractivity contribution in [3.63, 3.8) is 0 Å². The van der Waals surface area contributed by atoms with Crippen molar-refractivity contribution in [3.8, 4) is 5.75 Å². The Balaban J connectivity index is 1.49. The number of halogens is 1. The largest absolute Gasteiger partial charge is 0.484 e. The van der Waals surface area contributed by atoms with Gasteiger partial charge in [-0.15, -0.1) is 0 Å². The fraction of sp³-hybridized carbons (Fsp3) is 0.138. The molecule has 1 aliphatic rings. The zero-order valence-corrected chi connectivity index (χ0v) is 21.3. The van der Waals surface area contributed by atoms with E-state index < -0.39 is 5.97 Å². The summed E-state index contributed by atoms with van der Waals surface area (Å²) in [7, 11) is 1.27. The van der Waals surface area contributed by atoms with Crippen LogP contribution < -0.4 is 15.0 Å². The van der Waals surface area contributed by atoms with Crippen LogP contribution >= 0.6 is 11.6 Å². The number of hydrogen-bond donors (Lipinski definition) is 1. The third-order valence-corrected chi connectivity index (χ3v) is 6.02. The number of carbonyl (C=O) groups excluding carboxylic acids is 3. The minimum absolute atomic E-state index is 0.155. The van der Waals surface area contributed by atoms with Crippen LogP contribution in [0.3, 0.4) is 0 Å². The quantitative estimate of drug-likeness (QED) is 0.329. The molecule has 4 rings (SSSR count). The van der Waals surface area contributed by atoms with E-state index in [4.69, 9.17) is 21.1 Å². The van der Waals surface area contributed by atoms with Gasteiger partial charge in [-0.3, -0.25) is 14.5 Å². The molecule has 1 N–H and O–H groups in total. The molecule has 0 aliphatic carbocycles. The number of nitrogens with one attached hydrogen (secondary N) is 1. The summed E-state index contributed by atoms with van der Waals surface area (Å²) in [4.78, 5) is 39.6. The van der Waals surface area contributed by atoms with Crippen LogP contribution in [0.4, 0.5) is 11.4 Å². The Kier molecular flexibility index (Phi) is 7.74. The molecule has 0 bridgehead atoms. The lowest BCUT2D eigenvalue weighted by Gasteiger charge is -2.17. The zero-order chi connectivity index (χ0) is 26.5. The maximum Gasteiger partial charge on any atom is 0.340 e. The summed E-state index contributed by atoms with van der Waals surface area (Å²) in [6.45, 7) is 3.51. The van der Waals surface area contributed by atoms with Crippen LogP contribution in [-0.2, 0) is 19.1 Å². The van der Waals surface area contributed by atoms with Crippen LogP contribution in [0.1, 0.15) is 18.1 Å². The fourth-order valence-electron chi connectivity index (χ4n) is 3.89. The van der Waals surface area contributed by atoms with Gasteiger partial charge >= 0.3 is 5.97 Å². The van der Waals surface area contributed by atoms with Crippen molar-refractivity contribution in [1.82, 2.24) is 0 Å². The van der Waals surface area contributed by atoms with Crippen molar-refractivity contribution in [2.24, 2.45) is 0 Å². The monoisotopic (exact) mass is 516 g/mol. The van der Waals surface area contributed by atoms with E-state index in [2.05, 4.69) is 5.32 Å². The van der Waals surface area contributed by atoms with Gasteiger partial charge in [0, 0.05) is 22.1 Å². The summed E-state index contributed by atoms with van der Waals surface area (Å²) in [6.07, 6.45) is 1.63. The lowest BCUT2D eigenvalue weighted by atomic mass is 10.0. The molecule has 8 heteroatoms. The molecule has 0 spiro atoms. The number of hydrogen-bond acceptors (Lipinski definition) is 5. The number of allylic oxidation sites excluding steroid dienone is 1. The number of benzene rings is 3. The molecule has 3 aromatic rings. The Morgan fingerprint density at radius 1 is 0.946 bits per heavy atom.